The van der Waals surface area contributed by atoms with Crippen LogP contribution in [-0.2, 0) is 4.79 Å². The van der Waals surface area contributed by atoms with Crippen LogP contribution in [0.1, 0.15) is 0 Å². The average Bonchev–Trinajstić information content (AvgIpc) is 1.81. The largest absolute Gasteiger partial charge is 0.275 e. The van der Waals surface area contributed by atoms with Gasteiger partial charge in [-0.2, -0.15) is 0 Å². The summed E-state index contributed by atoms with van der Waals surface area (Å²) in [6.07, 6.45) is 2.43. The highest BCUT2D eigenvalue weighted by atomic mass is 35.5. The van der Waals surface area contributed by atoms with Gasteiger partial charge in [-0.05, 0) is 17.7 Å². The van der Waals surface area contributed by atoms with Gasteiger partial charge in [-0.1, -0.05) is 19.2 Å². The summed E-state index contributed by atoms with van der Waals surface area (Å²) in [6, 6.07) is 0. The molecule has 0 aromatic heterocycles. The zero-order chi connectivity index (χ0) is 8.15. The molecule has 0 bridgehead atoms. The fourth-order valence-electron chi connectivity index (χ4n) is 0.380. The number of hydrogen-bond acceptors (Lipinski definition) is 1. The number of carbonyl (C=O) groups excluding carboxylic acids is 1. The molecular formula is C7H6ClFO. The summed E-state index contributed by atoms with van der Waals surface area (Å²) in [4.78, 5) is 10.3. The molecule has 0 rings (SSSR count). The first kappa shape index (κ1) is 9.11. The Labute approximate surface area is 63.5 Å². The summed E-state index contributed by atoms with van der Waals surface area (Å²) in [6.45, 7) is 6.18. The molecule has 0 saturated carbocycles. The predicted octanol–water partition coefficient (Wildman–Crippen LogP) is 2.35. The molecule has 0 amide bonds. The van der Waals surface area contributed by atoms with Gasteiger partial charge in [0.05, 0.1) is 5.57 Å². The summed E-state index contributed by atoms with van der Waals surface area (Å²) in [5.74, 6) is -0.847. The zero-order valence-corrected chi connectivity index (χ0v) is 5.99. The number of rotatable bonds is 3. The third-order valence-electron chi connectivity index (χ3n) is 0.789. The van der Waals surface area contributed by atoms with Crippen LogP contribution in [0.4, 0.5) is 4.39 Å². The molecule has 0 spiro atoms. The van der Waals surface area contributed by atoms with E-state index in [0.29, 0.717) is 0 Å². The van der Waals surface area contributed by atoms with Crippen LogP contribution in [0.25, 0.3) is 0 Å². The minimum Gasteiger partial charge on any atom is -0.275 e. The molecule has 0 radical (unpaired) electrons. The lowest BCUT2D eigenvalue weighted by atomic mass is 10.2. The molecule has 0 aliphatic heterocycles. The van der Waals surface area contributed by atoms with Crippen molar-refractivity contribution in [1.82, 2.24) is 0 Å². The quantitative estimate of drug-likeness (QED) is 0.352. The lowest BCUT2D eigenvalue weighted by Crippen LogP contribution is -1.92. The third kappa shape index (κ3) is 2.60. The monoisotopic (exact) mass is 160 g/mol. The second kappa shape index (κ2) is 4.01. The summed E-state index contributed by atoms with van der Waals surface area (Å²) in [7, 11) is 0. The molecule has 1 nitrogen and oxygen atoms in total. The highest BCUT2D eigenvalue weighted by molar-refractivity contribution is 6.68. The number of allylic oxidation sites excluding steroid dienone is 4. The fourth-order valence-corrected chi connectivity index (χ4v) is 0.546. The van der Waals surface area contributed by atoms with E-state index in [1.54, 1.807) is 0 Å². The van der Waals surface area contributed by atoms with Crippen molar-refractivity contribution in [2.75, 3.05) is 0 Å². The van der Waals surface area contributed by atoms with E-state index in [1.807, 2.05) is 0 Å². The Morgan fingerprint density at radius 1 is 1.60 bits per heavy atom. The van der Waals surface area contributed by atoms with Crippen LogP contribution in [0, 0.1) is 0 Å². The molecule has 0 atom stereocenters. The Kier molecular flexibility index (Phi) is 3.65. The van der Waals surface area contributed by atoms with Crippen molar-refractivity contribution in [2.24, 2.45) is 0 Å². The fraction of sp³-hybridized carbons (Fsp3) is 0. The van der Waals surface area contributed by atoms with Crippen LogP contribution in [0.2, 0.25) is 0 Å². The number of carbonyl (C=O) groups is 1. The molecule has 0 fully saturated rings. The van der Waals surface area contributed by atoms with E-state index in [0.717, 1.165) is 6.08 Å². The molecule has 10 heavy (non-hydrogen) atoms. The lowest BCUT2D eigenvalue weighted by molar-refractivity contribution is -0.108. The Balaban J connectivity index is 4.58. The standard InChI is InChI=1S/C7H6ClFO/c1-3-4-6(5(2)9)7(8)10/h3-4H,1-2H2/b6-4+. The van der Waals surface area contributed by atoms with Crippen LogP contribution in [0.15, 0.2) is 36.7 Å². The van der Waals surface area contributed by atoms with Crippen LogP contribution in [-0.4, -0.2) is 5.24 Å². The van der Waals surface area contributed by atoms with Crippen LogP contribution in [0.3, 0.4) is 0 Å². The summed E-state index contributed by atoms with van der Waals surface area (Å²) >= 11 is 4.96. The minimum atomic E-state index is -0.868. The zero-order valence-electron chi connectivity index (χ0n) is 5.23. The highest BCUT2D eigenvalue weighted by Crippen LogP contribution is 2.11. The lowest BCUT2D eigenvalue weighted by Gasteiger charge is -1.92. The second-order valence-electron chi connectivity index (χ2n) is 1.49. The van der Waals surface area contributed by atoms with Gasteiger partial charge in [-0.15, -0.1) is 0 Å². The Bertz CT molecular complexity index is 190. The average molecular weight is 161 g/mol. The second-order valence-corrected chi connectivity index (χ2v) is 1.84. The summed E-state index contributed by atoms with van der Waals surface area (Å²) in [5.41, 5.74) is -0.253. The van der Waals surface area contributed by atoms with Crippen molar-refractivity contribution in [2.45, 2.75) is 0 Å². The maximum absolute atomic E-state index is 12.2. The Hall–Kier alpha value is -0.890. The van der Waals surface area contributed by atoms with Gasteiger partial charge in [0.15, 0.2) is 0 Å². The minimum absolute atomic E-state index is 0.253. The summed E-state index contributed by atoms with van der Waals surface area (Å²) < 4.78 is 12.2. The van der Waals surface area contributed by atoms with E-state index >= 15 is 0 Å². The van der Waals surface area contributed by atoms with E-state index in [2.05, 4.69) is 13.2 Å². The molecule has 0 aromatic carbocycles. The van der Waals surface area contributed by atoms with Gasteiger partial charge >= 0.3 is 0 Å². The molecule has 0 aliphatic rings. The van der Waals surface area contributed by atoms with E-state index < -0.39 is 11.1 Å². The molecule has 0 heterocycles. The SMILES string of the molecule is C=C/C=C(\C(=C)F)C(=O)Cl. The van der Waals surface area contributed by atoms with Crippen LogP contribution < -0.4 is 0 Å². The van der Waals surface area contributed by atoms with Gasteiger partial charge in [-0.3, -0.25) is 4.79 Å². The van der Waals surface area contributed by atoms with Gasteiger partial charge in [0.1, 0.15) is 5.83 Å². The Morgan fingerprint density at radius 2 is 2.10 bits per heavy atom. The van der Waals surface area contributed by atoms with Crippen molar-refractivity contribution in [1.29, 1.82) is 0 Å². The van der Waals surface area contributed by atoms with E-state index in [1.165, 1.54) is 6.08 Å². The summed E-state index contributed by atoms with van der Waals surface area (Å²) in [5, 5.41) is -0.868. The van der Waals surface area contributed by atoms with Gasteiger partial charge in [0.2, 0.25) is 0 Å². The number of hydrogen-bond donors (Lipinski definition) is 0. The van der Waals surface area contributed by atoms with Crippen molar-refractivity contribution >= 4 is 16.8 Å². The molecule has 0 N–H and O–H groups in total. The molecular weight excluding hydrogens is 155 g/mol. The van der Waals surface area contributed by atoms with Crippen molar-refractivity contribution in [3.8, 4) is 0 Å². The number of halogens is 2. The van der Waals surface area contributed by atoms with E-state index in [9.17, 15) is 9.18 Å². The van der Waals surface area contributed by atoms with E-state index in [-0.39, 0.29) is 5.57 Å². The molecule has 0 aliphatic carbocycles. The molecule has 54 valence electrons. The maximum Gasteiger partial charge on any atom is 0.255 e. The first-order valence-electron chi connectivity index (χ1n) is 2.47. The van der Waals surface area contributed by atoms with E-state index in [4.69, 9.17) is 11.6 Å². The predicted molar refractivity (Wildman–Crippen MR) is 39.4 cm³/mol. The first-order valence-corrected chi connectivity index (χ1v) is 2.84. The molecule has 0 aromatic rings. The normalized spacial score (nSPS) is 10.8. The maximum atomic E-state index is 12.2. The Morgan fingerprint density at radius 3 is 2.20 bits per heavy atom. The third-order valence-corrected chi connectivity index (χ3v) is 0.992. The van der Waals surface area contributed by atoms with Crippen LogP contribution in [0.5, 0.6) is 0 Å². The van der Waals surface area contributed by atoms with Crippen molar-refractivity contribution in [3.05, 3.63) is 36.7 Å². The van der Waals surface area contributed by atoms with Gasteiger partial charge < -0.3 is 0 Å². The molecule has 0 unspecified atom stereocenters. The van der Waals surface area contributed by atoms with Gasteiger partial charge in [0, 0.05) is 0 Å². The van der Waals surface area contributed by atoms with Gasteiger partial charge in [0.25, 0.3) is 5.24 Å². The van der Waals surface area contributed by atoms with Crippen molar-refractivity contribution in [3.63, 3.8) is 0 Å². The molecule has 0 saturated heterocycles. The van der Waals surface area contributed by atoms with Crippen LogP contribution >= 0.6 is 11.6 Å². The topological polar surface area (TPSA) is 17.1 Å². The van der Waals surface area contributed by atoms with Gasteiger partial charge in [-0.25, -0.2) is 4.39 Å². The first-order chi connectivity index (χ1) is 4.59. The highest BCUT2D eigenvalue weighted by Gasteiger charge is 2.07. The smallest absolute Gasteiger partial charge is 0.255 e. The van der Waals surface area contributed by atoms with Crippen molar-refractivity contribution < 1.29 is 9.18 Å². The molecule has 3 heteroatoms.